The van der Waals surface area contributed by atoms with Gasteiger partial charge in [0, 0.05) is 5.56 Å². The molecule has 1 aliphatic rings. The first-order chi connectivity index (χ1) is 9.06. The highest BCUT2D eigenvalue weighted by atomic mass is 16.3. The molecule has 0 spiro atoms. The molecule has 3 nitrogen and oxygen atoms in total. The Labute approximate surface area is 115 Å². The number of benzene rings is 1. The molecule has 1 aliphatic carbocycles. The third-order valence-corrected chi connectivity index (χ3v) is 4.26. The summed E-state index contributed by atoms with van der Waals surface area (Å²) in [6.45, 7) is 4.07. The van der Waals surface area contributed by atoms with Crippen molar-refractivity contribution in [3.63, 3.8) is 0 Å². The molecule has 0 radical (unpaired) electrons. The molecule has 0 bridgehead atoms. The molecule has 1 amide bonds. The molecule has 0 heterocycles. The Kier molecular flexibility index (Phi) is 4.25. The van der Waals surface area contributed by atoms with Gasteiger partial charge < -0.3 is 10.4 Å². The van der Waals surface area contributed by atoms with E-state index in [2.05, 4.69) is 5.32 Å². The van der Waals surface area contributed by atoms with Gasteiger partial charge in [0.1, 0.15) is 0 Å². The summed E-state index contributed by atoms with van der Waals surface area (Å²) in [6, 6.07) is 5.74. The first-order valence-electron chi connectivity index (χ1n) is 7.07. The van der Waals surface area contributed by atoms with E-state index in [4.69, 9.17) is 0 Å². The quantitative estimate of drug-likeness (QED) is 0.879. The van der Waals surface area contributed by atoms with E-state index in [1.807, 2.05) is 32.0 Å². The van der Waals surface area contributed by atoms with Gasteiger partial charge in [-0.15, -0.1) is 0 Å². The normalized spacial score (nSPS) is 18.1. The van der Waals surface area contributed by atoms with Gasteiger partial charge in [-0.05, 0) is 49.9 Å². The smallest absolute Gasteiger partial charge is 0.251 e. The second kappa shape index (κ2) is 5.74. The number of rotatable bonds is 3. The summed E-state index contributed by atoms with van der Waals surface area (Å²) < 4.78 is 0. The maximum absolute atomic E-state index is 12.3. The summed E-state index contributed by atoms with van der Waals surface area (Å²) in [6.07, 6.45) is 5.10. The molecule has 0 aromatic heterocycles. The number of carbonyl (C=O) groups is 1. The number of hydrogen-bond donors (Lipinski definition) is 2. The van der Waals surface area contributed by atoms with Gasteiger partial charge in [0.05, 0.1) is 12.1 Å². The number of aryl methyl sites for hydroxylation is 2. The van der Waals surface area contributed by atoms with Gasteiger partial charge in [-0.1, -0.05) is 25.3 Å². The van der Waals surface area contributed by atoms with Crippen molar-refractivity contribution in [2.45, 2.75) is 51.5 Å². The van der Waals surface area contributed by atoms with Gasteiger partial charge in [0.15, 0.2) is 0 Å². The van der Waals surface area contributed by atoms with Crippen LogP contribution in [0.5, 0.6) is 0 Å². The molecule has 1 fully saturated rings. The molecule has 19 heavy (non-hydrogen) atoms. The molecule has 3 heteroatoms. The van der Waals surface area contributed by atoms with Crippen LogP contribution in [-0.4, -0.2) is 23.2 Å². The van der Waals surface area contributed by atoms with E-state index in [-0.39, 0.29) is 12.5 Å². The van der Waals surface area contributed by atoms with Crippen LogP contribution in [0.15, 0.2) is 18.2 Å². The number of nitrogens with one attached hydrogen (secondary N) is 1. The van der Waals surface area contributed by atoms with Crippen LogP contribution in [0.3, 0.4) is 0 Å². The minimum absolute atomic E-state index is 0.0313. The highest BCUT2D eigenvalue weighted by molar-refractivity contribution is 5.95. The van der Waals surface area contributed by atoms with Gasteiger partial charge in [-0.2, -0.15) is 0 Å². The van der Waals surface area contributed by atoms with Gasteiger partial charge in [0.2, 0.25) is 0 Å². The Balaban J connectivity index is 2.12. The lowest BCUT2D eigenvalue weighted by Crippen LogP contribution is -2.52. The second-order valence-electron chi connectivity index (χ2n) is 5.75. The summed E-state index contributed by atoms with van der Waals surface area (Å²) >= 11 is 0. The standard InChI is InChI=1S/C16H23NO2/c1-12-6-7-14(10-13(12)2)15(19)17-16(11-18)8-4-3-5-9-16/h6-7,10,18H,3-5,8-9,11H2,1-2H3,(H,17,19). The second-order valence-corrected chi connectivity index (χ2v) is 5.75. The number of carbonyl (C=O) groups excluding carboxylic acids is 1. The summed E-state index contributed by atoms with van der Waals surface area (Å²) in [5, 5.41) is 12.7. The first kappa shape index (κ1) is 14.1. The lowest BCUT2D eigenvalue weighted by atomic mass is 9.82. The van der Waals surface area contributed by atoms with Crippen molar-refractivity contribution in [2.24, 2.45) is 0 Å². The molecule has 1 aromatic rings. The lowest BCUT2D eigenvalue weighted by Gasteiger charge is -2.36. The molecule has 0 saturated heterocycles. The zero-order valence-corrected chi connectivity index (χ0v) is 11.8. The topological polar surface area (TPSA) is 49.3 Å². The van der Waals surface area contributed by atoms with Crippen molar-refractivity contribution in [2.75, 3.05) is 6.61 Å². The molecule has 1 saturated carbocycles. The van der Waals surface area contributed by atoms with Crippen LogP contribution < -0.4 is 5.32 Å². The zero-order valence-electron chi connectivity index (χ0n) is 11.8. The highest BCUT2D eigenvalue weighted by Crippen LogP contribution is 2.28. The fourth-order valence-electron chi connectivity index (χ4n) is 2.75. The Morgan fingerprint density at radius 2 is 1.89 bits per heavy atom. The fourth-order valence-corrected chi connectivity index (χ4v) is 2.75. The van der Waals surface area contributed by atoms with E-state index in [1.54, 1.807) is 0 Å². The first-order valence-corrected chi connectivity index (χ1v) is 7.07. The van der Waals surface area contributed by atoms with Crippen molar-refractivity contribution in [1.82, 2.24) is 5.32 Å². The number of aliphatic hydroxyl groups excluding tert-OH is 1. The van der Waals surface area contributed by atoms with E-state index in [0.717, 1.165) is 31.2 Å². The van der Waals surface area contributed by atoms with Crippen LogP contribution in [0.25, 0.3) is 0 Å². The minimum Gasteiger partial charge on any atom is -0.394 e. The van der Waals surface area contributed by atoms with Crippen LogP contribution in [0.1, 0.15) is 53.6 Å². The Hall–Kier alpha value is -1.35. The largest absolute Gasteiger partial charge is 0.394 e. The van der Waals surface area contributed by atoms with Crippen LogP contribution in [0.4, 0.5) is 0 Å². The monoisotopic (exact) mass is 261 g/mol. The summed E-state index contributed by atoms with van der Waals surface area (Å²) in [4.78, 5) is 12.3. The minimum atomic E-state index is -0.409. The summed E-state index contributed by atoms with van der Waals surface area (Å²) in [7, 11) is 0. The van der Waals surface area contributed by atoms with E-state index in [9.17, 15) is 9.90 Å². The van der Waals surface area contributed by atoms with Gasteiger partial charge in [-0.3, -0.25) is 4.79 Å². The fraction of sp³-hybridized carbons (Fsp3) is 0.562. The van der Waals surface area contributed by atoms with Crippen LogP contribution in [0, 0.1) is 13.8 Å². The third-order valence-electron chi connectivity index (χ3n) is 4.26. The maximum Gasteiger partial charge on any atom is 0.251 e. The predicted molar refractivity (Wildman–Crippen MR) is 76.3 cm³/mol. The van der Waals surface area contributed by atoms with E-state index >= 15 is 0 Å². The zero-order chi connectivity index (χ0) is 13.9. The van der Waals surface area contributed by atoms with Crippen molar-refractivity contribution >= 4 is 5.91 Å². The van der Waals surface area contributed by atoms with Gasteiger partial charge >= 0.3 is 0 Å². The predicted octanol–water partition coefficient (Wildman–Crippen LogP) is 2.73. The van der Waals surface area contributed by atoms with Crippen LogP contribution in [0.2, 0.25) is 0 Å². The molecule has 0 aliphatic heterocycles. The SMILES string of the molecule is Cc1ccc(C(=O)NC2(CO)CCCCC2)cc1C. The number of hydrogen-bond acceptors (Lipinski definition) is 2. The molecule has 1 aromatic carbocycles. The molecule has 104 valence electrons. The van der Waals surface area contributed by atoms with Crippen LogP contribution in [-0.2, 0) is 0 Å². The summed E-state index contributed by atoms with van der Waals surface area (Å²) in [5.74, 6) is -0.0703. The average molecular weight is 261 g/mol. The average Bonchev–Trinajstić information content (AvgIpc) is 2.43. The van der Waals surface area contributed by atoms with E-state index < -0.39 is 5.54 Å². The highest BCUT2D eigenvalue weighted by Gasteiger charge is 2.33. The Morgan fingerprint density at radius 3 is 2.47 bits per heavy atom. The van der Waals surface area contributed by atoms with E-state index in [1.165, 1.54) is 12.0 Å². The molecule has 0 unspecified atom stereocenters. The molecular weight excluding hydrogens is 238 g/mol. The number of amides is 1. The Bertz CT molecular complexity index is 462. The maximum atomic E-state index is 12.3. The summed E-state index contributed by atoms with van der Waals surface area (Å²) in [5.41, 5.74) is 2.58. The van der Waals surface area contributed by atoms with Crippen LogP contribution >= 0.6 is 0 Å². The lowest BCUT2D eigenvalue weighted by molar-refractivity contribution is 0.0758. The van der Waals surface area contributed by atoms with Gasteiger partial charge in [0.25, 0.3) is 5.91 Å². The number of aliphatic hydroxyl groups is 1. The molecular formula is C16H23NO2. The molecule has 0 atom stereocenters. The van der Waals surface area contributed by atoms with Crippen molar-refractivity contribution in [1.29, 1.82) is 0 Å². The molecule has 2 rings (SSSR count). The Morgan fingerprint density at radius 1 is 1.21 bits per heavy atom. The molecule has 2 N–H and O–H groups in total. The van der Waals surface area contributed by atoms with Crippen molar-refractivity contribution in [3.8, 4) is 0 Å². The van der Waals surface area contributed by atoms with Crippen molar-refractivity contribution < 1.29 is 9.90 Å². The third kappa shape index (κ3) is 3.16. The van der Waals surface area contributed by atoms with Gasteiger partial charge in [-0.25, -0.2) is 0 Å². The van der Waals surface area contributed by atoms with Crippen molar-refractivity contribution in [3.05, 3.63) is 34.9 Å². The van der Waals surface area contributed by atoms with E-state index in [0.29, 0.717) is 5.56 Å².